The van der Waals surface area contributed by atoms with Crippen LogP contribution in [-0.4, -0.2) is 56.1 Å². The van der Waals surface area contributed by atoms with Gasteiger partial charge in [-0.15, -0.1) is 0 Å². The Kier molecular flexibility index (Phi) is 7.57. The fraction of sp³-hybridized carbons (Fsp3) is 0.417. The highest BCUT2D eigenvalue weighted by atomic mass is 35.5. The number of likely N-dealkylation sites (N-methyl/N-ethyl adjacent to an activating group) is 1. The predicted octanol–water partition coefficient (Wildman–Crippen LogP) is 3.94. The van der Waals surface area contributed by atoms with Crippen molar-refractivity contribution in [3.05, 3.63) is 59.1 Å². The topological polar surface area (TPSA) is 61.9 Å². The monoisotopic (exact) mass is 443 g/mol. The quantitative estimate of drug-likeness (QED) is 0.704. The van der Waals surface area contributed by atoms with Gasteiger partial charge in [-0.2, -0.15) is 0 Å². The maximum Gasteiger partial charge on any atom is 0.243 e. The third-order valence-corrected chi connectivity index (χ3v) is 5.88. The minimum absolute atomic E-state index is 0.00241. The Hall–Kier alpha value is -2.57. The van der Waals surface area contributed by atoms with Crippen LogP contribution in [0.1, 0.15) is 26.3 Å². The fourth-order valence-electron chi connectivity index (χ4n) is 3.66. The lowest BCUT2D eigenvalue weighted by molar-refractivity contribution is -0.138. The first kappa shape index (κ1) is 23.1. The first-order chi connectivity index (χ1) is 14.8. The molecule has 2 amide bonds. The number of benzene rings is 2. The van der Waals surface area contributed by atoms with E-state index in [2.05, 4.69) is 10.2 Å². The summed E-state index contributed by atoms with van der Waals surface area (Å²) in [7, 11) is 0. The SMILES string of the molecule is CCN(CC(=O)Nc1ccc(N2CCOCC2)cc1)C(=O)C(C)(C)c1ccc(Cl)cc1. The molecule has 0 saturated carbocycles. The Morgan fingerprint density at radius 1 is 1.06 bits per heavy atom. The fourth-order valence-corrected chi connectivity index (χ4v) is 3.79. The lowest BCUT2D eigenvalue weighted by Gasteiger charge is -2.31. The van der Waals surface area contributed by atoms with Crippen LogP contribution in [0.4, 0.5) is 11.4 Å². The molecule has 3 rings (SSSR count). The summed E-state index contributed by atoms with van der Waals surface area (Å²) in [6.45, 7) is 9.23. The molecular formula is C24H30ClN3O3. The smallest absolute Gasteiger partial charge is 0.243 e. The van der Waals surface area contributed by atoms with Crippen LogP contribution < -0.4 is 10.2 Å². The lowest BCUT2D eigenvalue weighted by Crippen LogP contribution is -2.46. The van der Waals surface area contributed by atoms with Crippen LogP contribution in [0.2, 0.25) is 5.02 Å². The van der Waals surface area contributed by atoms with Crippen molar-refractivity contribution < 1.29 is 14.3 Å². The minimum Gasteiger partial charge on any atom is -0.378 e. The summed E-state index contributed by atoms with van der Waals surface area (Å²) < 4.78 is 5.38. The molecule has 6 nitrogen and oxygen atoms in total. The van der Waals surface area contributed by atoms with Gasteiger partial charge in [-0.3, -0.25) is 9.59 Å². The summed E-state index contributed by atoms with van der Waals surface area (Å²) in [4.78, 5) is 29.6. The maximum absolute atomic E-state index is 13.2. The molecule has 0 radical (unpaired) electrons. The third-order valence-electron chi connectivity index (χ3n) is 5.63. The average molecular weight is 444 g/mol. The Morgan fingerprint density at radius 3 is 2.26 bits per heavy atom. The van der Waals surface area contributed by atoms with Gasteiger partial charge in [0.1, 0.15) is 0 Å². The van der Waals surface area contributed by atoms with Crippen molar-refractivity contribution in [1.29, 1.82) is 0 Å². The summed E-state index contributed by atoms with van der Waals surface area (Å²) >= 11 is 5.97. The molecule has 0 aliphatic carbocycles. The van der Waals surface area contributed by atoms with Gasteiger partial charge in [0.05, 0.1) is 25.2 Å². The van der Waals surface area contributed by atoms with Crippen molar-refractivity contribution in [2.24, 2.45) is 0 Å². The van der Waals surface area contributed by atoms with Gasteiger partial charge in [0, 0.05) is 36.0 Å². The maximum atomic E-state index is 13.2. The van der Waals surface area contributed by atoms with Crippen molar-refractivity contribution in [3.8, 4) is 0 Å². The summed E-state index contributed by atoms with van der Waals surface area (Å²) in [5.41, 5.74) is 1.92. The van der Waals surface area contributed by atoms with E-state index in [4.69, 9.17) is 16.3 Å². The normalized spacial score (nSPS) is 14.3. The van der Waals surface area contributed by atoms with Crippen molar-refractivity contribution in [1.82, 2.24) is 4.90 Å². The number of amides is 2. The van der Waals surface area contributed by atoms with Crippen molar-refractivity contribution >= 4 is 34.8 Å². The summed E-state index contributed by atoms with van der Waals surface area (Å²) in [5, 5.41) is 3.52. The molecule has 0 bridgehead atoms. The van der Waals surface area contributed by atoms with Gasteiger partial charge < -0.3 is 19.9 Å². The average Bonchev–Trinajstić information content (AvgIpc) is 2.78. The molecule has 31 heavy (non-hydrogen) atoms. The Bertz CT molecular complexity index is 891. The molecule has 7 heteroatoms. The Labute approximate surface area is 189 Å². The molecule has 0 unspecified atom stereocenters. The van der Waals surface area contributed by atoms with Crippen LogP contribution in [-0.2, 0) is 19.7 Å². The summed E-state index contributed by atoms with van der Waals surface area (Å²) in [6.07, 6.45) is 0. The van der Waals surface area contributed by atoms with E-state index in [1.54, 1.807) is 17.0 Å². The highest BCUT2D eigenvalue weighted by Crippen LogP contribution is 2.27. The van der Waals surface area contributed by atoms with Crippen molar-refractivity contribution in [3.63, 3.8) is 0 Å². The Balaban J connectivity index is 1.61. The molecule has 2 aromatic carbocycles. The number of ether oxygens (including phenoxy) is 1. The van der Waals surface area contributed by atoms with Gasteiger partial charge >= 0.3 is 0 Å². The molecule has 0 spiro atoms. The van der Waals surface area contributed by atoms with Crippen molar-refractivity contribution in [2.45, 2.75) is 26.2 Å². The molecule has 1 aliphatic heterocycles. The molecule has 0 atom stereocenters. The van der Waals surface area contributed by atoms with E-state index in [1.165, 1.54) is 0 Å². The molecule has 166 valence electrons. The highest BCUT2D eigenvalue weighted by molar-refractivity contribution is 6.30. The standard InChI is InChI=1S/C24H30ClN3O3/c1-4-27(23(30)24(2,3)18-5-7-19(25)8-6-18)17-22(29)26-20-9-11-21(12-10-20)28-13-15-31-16-14-28/h5-12H,4,13-17H2,1-3H3,(H,26,29). The third kappa shape index (κ3) is 5.77. The second-order valence-corrected chi connectivity index (χ2v) is 8.58. The van der Waals surface area contributed by atoms with Gasteiger partial charge in [-0.05, 0) is 62.7 Å². The number of halogens is 1. The van der Waals surface area contributed by atoms with Crippen LogP contribution >= 0.6 is 11.6 Å². The number of carbonyl (C=O) groups excluding carboxylic acids is 2. The predicted molar refractivity (Wildman–Crippen MR) is 125 cm³/mol. The van der Waals surface area contributed by atoms with E-state index < -0.39 is 5.41 Å². The van der Waals surface area contributed by atoms with Crippen LogP contribution in [0.5, 0.6) is 0 Å². The number of nitrogens with one attached hydrogen (secondary N) is 1. The number of morpholine rings is 1. The second-order valence-electron chi connectivity index (χ2n) is 8.15. The first-order valence-electron chi connectivity index (χ1n) is 10.6. The van der Waals surface area contributed by atoms with Gasteiger partial charge in [0.15, 0.2) is 0 Å². The highest BCUT2D eigenvalue weighted by Gasteiger charge is 2.34. The molecule has 1 heterocycles. The minimum atomic E-state index is -0.763. The number of hydrogen-bond acceptors (Lipinski definition) is 4. The van der Waals surface area contributed by atoms with E-state index in [0.29, 0.717) is 17.3 Å². The largest absolute Gasteiger partial charge is 0.378 e. The summed E-state index contributed by atoms with van der Waals surface area (Å²) in [5.74, 6) is -0.323. The van der Waals surface area contributed by atoms with Gasteiger partial charge in [0.2, 0.25) is 11.8 Å². The molecule has 1 aliphatic rings. The van der Waals surface area contributed by atoms with Crippen molar-refractivity contribution in [2.75, 3.05) is 49.6 Å². The number of hydrogen-bond donors (Lipinski definition) is 1. The molecule has 0 aromatic heterocycles. The molecule has 2 aromatic rings. The summed E-state index contributed by atoms with van der Waals surface area (Å²) in [6, 6.07) is 15.0. The molecular weight excluding hydrogens is 414 g/mol. The van der Waals surface area contributed by atoms with E-state index in [0.717, 1.165) is 37.6 Å². The first-order valence-corrected chi connectivity index (χ1v) is 11.0. The molecule has 1 saturated heterocycles. The van der Waals surface area contributed by atoms with E-state index in [-0.39, 0.29) is 18.4 Å². The zero-order valence-electron chi connectivity index (χ0n) is 18.4. The number of carbonyl (C=O) groups is 2. The zero-order chi connectivity index (χ0) is 22.4. The number of anilines is 2. The zero-order valence-corrected chi connectivity index (χ0v) is 19.1. The lowest BCUT2D eigenvalue weighted by atomic mass is 9.83. The van der Waals surface area contributed by atoms with Crippen LogP contribution in [0.25, 0.3) is 0 Å². The van der Waals surface area contributed by atoms with E-state index >= 15 is 0 Å². The number of rotatable bonds is 7. The van der Waals surface area contributed by atoms with Gasteiger partial charge in [-0.25, -0.2) is 0 Å². The molecule has 1 N–H and O–H groups in total. The van der Waals surface area contributed by atoms with Gasteiger partial charge in [-0.1, -0.05) is 23.7 Å². The van der Waals surface area contributed by atoms with Crippen LogP contribution in [0, 0.1) is 0 Å². The van der Waals surface area contributed by atoms with Crippen LogP contribution in [0.3, 0.4) is 0 Å². The van der Waals surface area contributed by atoms with Crippen LogP contribution in [0.15, 0.2) is 48.5 Å². The van der Waals surface area contributed by atoms with E-state index in [9.17, 15) is 9.59 Å². The Morgan fingerprint density at radius 2 is 1.68 bits per heavy atom. The van der Waals surface area contributed by atoms with E-state index in [1.807, 2.05) is 57.2 Å². The van der Waals surface area contributed by atoms with Gasteiger partial charge in [0.25, 0.3) is 0 Å². The second kappa shape index (κ2) is 10.2. The number of nitrogens with zero attached hydrogens (tertiary/aromatic N) is 2. The molecule has 1 fully saturated rings.